The van der Waals surface area contributed by atoms with Crippen molar-refractivity contribution in [1.82, 2.24) is 5.43 Å². The van der Waals surface area contributed by atoms with E-state index in [0.29, 0.717) is 13.2 Å². The van der Waals surface area contributed by atoms with E-state index in [0.717, 1.165) is 17.8 Å². The van der Waals surface area contributed by atoms with Crippen LogP contribution in [0, 0.1) is 0 Å². The number of amidine groups is 1. The second kappa shape index (κ2) is 6.98. The summed E-state index contributed by atoms with van der Waals surface area (Å²) in [6.45, 7) is 3.32. The molecule has 4 heteroatoms. The molecule has 88 valence electrons. The maximum atomic E-state index is 5.49. The molecular weight excluding hydrogens is 202 g/mol. The SMILES string of the molecule is CCc1ccccc1C(=NCCOC)NN. The molecule has 0 bridgehead atoms. The highest BCUT2D eigenvalue weighted by Crippen LogP contribution is 2.09. The van der Waals surface area contributed by atoms with Crippen LogP contribution in [0.5, 0.6) is 0 Å². The van der Waals surface area contributed by atoms with Gasteiger partial charge in [-0.2, -0.15) is 0 Å². The topological polar surface area (TPSA) is 59.6 Å². The molecule has 0 aromatic heterocycles. The van der Waals surface area contributed by atoms with Crippen LogP contribution < -0.4 is 11.3 Å². The molecule has 1 rings (SSSR count). The molecule has 0 unspecified atom stereocenters. The maximum absolute atomic E-state index is 5.49. The molecule has 4 nitrogen and oxygen atoms in total. The lowest BCUT2D eigenvalue weighted by atomic mass is 10.0. The van der Waals surface area contributed by atoms with Gasteiger partial charge in [-0.05, 0) is 12.0 Å². The number of rotatable bonds is 5. The minimum Gasteiger partial charge on any atom is -0.383 e. The summed E-state index contributed by atoms with van der Waals surface area (Å²) >= 11 is 0. The zero-order valence-corrected chi connectivity index (χ0v) is 9.86. The molecular formula is C12H19N3O. The fourth-order valence-corrected chi connectivity index (χ4v) is 1.52. The second-order valence-corrected chi connectivity index (χ2v) is 3.38. The third-order valence-corrected chi connectivity index (χ3v) is 2.36. The van der Waals surface area contributed by atoms with E-state index in [1.165, 1.54) is 5.56 Å². The quantitative estimate of drug-likeness (QED) is 0.257. The molecule has 16 heavy (non-hydrogen) atoms. The lowest BCUT2D eigenvalue weighted by Gasteiger charge is -2.10. The average Bonchev–Trinajstić information content (AvgIpc) is 2.35. The molecule has 0 fully saturated rings. The number of hydrogen-bond donors (Lipinski definition) is 2. The third-order valence-electron chi connectivity index (χ3n) is 2.36. The van der Waals surface area contributed by atoms with Crippen molar-refractivity contribution in [2.24, 2.45) is 10.8 Å². The number of hydrazine groups is 1. The van der Waals surface area contributed by atoms with Gasteiger partial charge < -0.3 is 10.2 Å². The van der Waals surface area contributed by atoms with E-state index in [2.05, 4.69) is 23.4 Å². The monoisotopic (exact) mass is 221 g/mol. The predicted molar refractivity (Wildman–Crippen MR) is 66.4 cm³/mol. The number of ether oxygens (including phenoxy) is 1. The summed E-state index contributed by atoms with van der Waals surface area (Å²) < 4.78 is 4.95. The summed E-state index contributed by atoms with van der Waals surface area (Å²) in [5.41, 5.74) is 4.94. The van der Waals surface area contributed by atoms with E-state index >= 15 is 0 Å². The fourth-order valence-electron chi connectivity index (χ4n) is 1.52. The lowest BCUT2D eigenvalue weighted by Crippen LogP contribution is -2.32. The predicted octanol–water partition coefficient (Wildman–Crippen LogP) is 1.11. The molecule has 0 aliphatic rings. The highest BCUT2D eigenvalue weighted by molar-refractivity contribution is 5.99. The van der Waals surface area contributed by atoms with Crippen LogP contribution in [0.1, 0.15) is 18.1 Å². The Morgan fingerprint density at radius 3 is 2.81 bits per heavy atom. The third kappa shape index (κ3) is 3.32. The molecule has 1 aromatic rings. The van der Waals surface area contributed by atoms with E-state index in [-0.39, 0.29) is 0 Å². The smallest absolute Gasteiger partial charge is 0.142 e. The highest BCUT2D eigenvalue weighted by Gasteiger charge is 2.05. The van der Waals surface area contributed by atoms with Crippen molar-refractivity contribution in [3.63, 3.8) is 0 Å². The number of benzene rings is 1. The van der Waals surface area contributed by atoms with Gasteiger partial charge in [0.05, 0.1) is 13.2 Å². The molecule has 0 saturated heterocycles. The van der Waals surface area contributed by atoms with Gasteiger partial charge in [0.2, 0.25) is 0 Å². The van der Waals surface area contributed by atoms with Crippen molar-refractivity contribution in [2.75, 3.05) is 20.3 Å². The van der Waals surface area contributed by atoms with E-state index in [1.807, 2.05) is 18.2 Å². The van der Waals surface area contributed by atoms with Crippen molar-refractivity contribution in [2.45, 2.75) is 13.3 Å². The van der Waals surface area contributed by atoms with Crippen molar-refractivity contribution < 1.29 is 4.74 Å². The van der Waals surface area contributed by atoms with Crippen LogP contribution in [0.2, 0.25) is 0 Å². The largest absolute Gasteiger partial charge is 0.383 e. The van der Waals surface area contributed by atoms with Crippen molar-refractivity contribution in [1.29, 1.82) is 0 Å². The Bertz CT molecular complexity index is 350. The van der Waals surface area contributed by atoms with Crippen LogP contribution in [-0.2, 0) is 11.2 Å². The zero-order valence-electron chi connectivity index (χ0n) is 9.86. The molecule has 3 N–H and O–H groups in total. The van der Waals surface area contributed by atoms with Gasteiger partial charge in [0.1, 0.15) is 5.84 Å². The van der Waals surface area contributed by atoms with Gasteiger partial charge in [-0.25, -0.2) is 5.84 Å². The molecule has 0 saturated carbocycles. The van der Waals surface area contributed by atoms with Gasteiger partial charge in [-0.15, -0.1) is 0 Å². The maximum Gasteiger partial charge on any atom is 0.142 e. The number of nitrogens with zero attached hydrogens (tertiary/aromatic N) is 1. The van der Waals surface area contributed by atoms with Gasteiger partial charge in [-0.1, -0.05) is 31.2 Å². The Balaban J connectivity index is 2.89. The Hall–Kier alpha value is -1.39. The van der Waals surface area contributed by atoms with Crippen LogP contribution >= 0.6 is 0 Å². The Labute approximate surface area is 96.5 Å². The van der Waals surface area contributed by atoms with Crippen molar-refractivity contribution >= 4 is 5.84 Å². The number of nitrogens with two attached hydrogens (primary N) is 1. The van der Waals surface area contributed by atoms with E-state index in [9.17, 15) is 0 Å². The van der Waals surface area contributed by atoms with Crippen molar-refractivity contribution in [3.05, 3.63) is 35.4 Å². The van der Waals surface area contributed by atoms with Crippen LogP contribution in [0.15, 0.2) is 29.3 Å². The lowest BCUT2D eigenvalue weighted by molar-refractivity contribution is 0.208. The minimum absolute atomic E-state index is 0.597. The van der Waals surface area contributed by atoms with Gasteiger partial charge in [0.15, 0.2) is 0 Å². The molecule has 1 aromatic carbocycles. The number of nitrogens with one attached hydrogen (secondary N) is 1. The first-order valence-electron chi connectivity index (χ1n) is 5.41. The normalized spacial score (nSPS) is 11.6. The number of aryl methyl sites for hydroxylation is 1. The van der Waals surface area contributed by atoms with Gasteiger partial charge in [-0.3, -0.25) is 4.99 Å². The Morgan fingerprint density at radius 1 is 1.44 bits per heavy atom. The van der Waals surface area contributed by atoms with E-state index in [4.69, 9.17) is 10.6 Å². The molecule has 0 aliphatic carbocycles. The minimum atomic E-state index is 0.597. The Kier molecular flexibility index (Phi) is 5.53. The summed E-state index contributed by atoms with van der Waals surface area (Å²) in [6.07, 6.45) is 0.959. The molecule has 0 aliphatic heterocycles. The Morgan fingerprint density at radius 2 is 2.19 bits per heavy atom. The summed E-state index contributed by atoms with van der Waals surface area (Å²) in [4.78, 5) is 4.37. The molecule has 0 amide bonds. The van der Waals surface area contributed by atoms with Gasteiger partial charge in [0.25, 0.3) is 0 Å². The average molecular weight is 221 g/mol. The summed E-state index contributed by atoms with van der Waals surface area (Å²) in [6, 6.07) is 8.10. The molecule has 0 radical (unpaired) electrons. The highest BCUT2D eigenvalue weighted by atomic mass is 16.5. The molecule has 0 spiro atoms. The van der Waals surface area contributed by atoms with Crippen LogP contribution in [-0.4, -0.2) is 26.1 Å². The number of hydrogen-bond acceptors (Lipinski definition) is 3. The second-order valence-electron chi connectivity index (χ2n) is 3.38. The first-order chi connectivity index (χ1) is 7.83. The first-order valence-corrected chi connectivity index (χ1v) is 5.41. The van der Waals surface area contributed by atoms with Gasteiger partial charge >= 0.3 is 0 Å². The fraction of sp³-hybridized carbons (Fsp3) is 0.417. The van der Waals surface area contributed by atoms with Crippen LogP contribution in [0.4, 0.5) is 0 Å². The first kappa shape index (κ1) is 12.7. The standard InChI is InChI=1S/C12H19N3O/c1-3-10-6-4-5-7-11(10)12(15-13)14-8-9-16-2/h4-7H,3,8-9,13H2,1-2H3,(H,14,15). The van der Waals surface area contributed by atoms with E-state index in [1.54, 1.807) is 7.11 Å². The van der Waals surface area contributed by atoms with Crippen LogP contribution in [0.3, 0.4) is 0 Å². The summed E-state index contributed by atoms with van der Waals surface area (Å²) in [5.74, 6) is 6.21. The number of methoxy groups -OCH3 is 1. The van der Waals surface area contributed by atoms with E-state index < -0.39 is 0 Å². The number of aliphatic imine (C=N–C) groups is 1. The zero-order chi connectivity index (χ0) is 11.8. The molecule has 0 atom stereocenters. The van der Waals surface area contributed by atoms with Crippen molar-refractivity contribution in [3.8, 4) is 0 Å². The van der Waals surface area contributed by atoms with Gasteiger partial charge in [0, 0.05) is 12.7 Å². The summed E-state index contributed by atoms with van der Waals surface area (Å²) in [7, 11) is 1.66. The molecule has 0 heterocycles. The summed E-state index contributed by atoms with van der Waals surface area (Å²) in [5, 5.41) is 0. The van der Waals surface area contributed by atoms with Crippen LogP contribution in [0.25, 0.3) is 0 Å².